The van der Waals surface area contributed by atoms with Crippen LogP contribution in [-0.2, 0) is 4.79 Å². The number of esters is 1. The standard InChI is InChI=1S/C21H12BrClO6/c1-10(23)20(25)27-13-3-4-14-15(9-19(24)28-18(14)8-13)16-7-11-6-12(22)2-5-17(11)29-21(16)26/h2-10H,1H3. The summed E-state index contributed by atoms with van der Waals surface area (Å²) in [6.45, 7) is 1.49. The highest BCUT2D eigenvalue weighted by Crippen LogP contribution is 2.30. The van der Waals surface area contributed by atoms with Gasteiger partial charge < -0.3 is 13.6 Å². The maximum absolute atomic E-state index is 12.6. The van der Waals surface area contributed by atoms with Gasteiger partial charge in [0, 0.05) is 32.9 Å². The van der Waals surface area contributed by atoms with E-state index in [1.54, 1.807) is 30.3 Å². The Morgan fingerprint density at radius 2 is 1.79 bits per heavy atom. The highest BCUT2D eigenvalue weighted by Gasteiger charge is 2.16. The quantitative estimate of drug-likeness (QED) is 0.182. The van der Waals surface area contributed by atoms with Crippen LogP contribution in [0.3, 0.4) is 0 Å². The molecule has 29 heavy (non-hydrogen) atoms. The number of halogens is 2. The van der Waals surface area contributed by atoms with Crippen LogP contribution in [0.1, 0.15) is 6.92 Å². The Morgan fingerprint density at radius 1 is 1.00 bits per heavy atom. The molecule has 0 aliphatic carbocycles. The second-order valence-corrected chi connectivity index (χ2v) is 7.87. The van der Waals surface area contributed by atoms with Crippen molar-refractivity contribution in [2.45, 2.75) is 12.3 Å². The molecule has 0 saturated carbocycles. The van der Waals surface area contributed by atoms with Gasteiger partial charge in [0.15, 0.2) is 0 Å². The minimum absolute atomic E-state index is 0.161. The zero-order chi connectivity index (χ0) is 20.7. The molecule has 1 atom stereocenters. The summed E-state index contributed by atoms with van der Waals surface area (Å²) in [7, 11) is 0. The lowest BCUT2D eigenvalue weighted by Gasteiger charge is -2.09. The van der Waals surface area contributed by atoms with Gasteiger partial charge in [-0.25, -0.2) is 9.59 Å². The number of alkyl halides is 1. The Morgan fingerprint density at radius 3 is 2.55 bits per heavy atom. The van der Waals surface area contributed by atoms with Crippen LogP contribution in [0.4, 0.5) is 0 Å². The van der Waals surface area contributed by atoms with Crippen molar-refractivity contribution in [2.75, 3.05) is 0 Å². The second-order valence-electron chi connectivity index (χ2n) is 6.30. The van der Waals surface area contributed by atoms with Crippen LogP contribution in [0, 0.1) is 0 Å². The Hall–Kier alpha value is -2.90. The van der Waals surface area contributed by atoms with Crippen molar-refractivity contribution < 1.29 is 18.4 Å². The fourth-order valence-electron chi connectivity index (χ4n) is 2.91. The van der Waals surface area contributed by atoms with E-state index in [2.05, 4.69) is 15.9 Å². The Bertz CT molecular complexity index is 1390. The summed E-state index contributed by atoms with van der Waals surface area (Å²) in [6.07, 6.45) is 0. The molecule has 0 aliphatic rings. The van der Waals surface area contributed by atoms with E-state index in [0.29, 0.717) is 21.9 Å². The van der Waals surface area contributed by atoms with Gasteiger partial charge in [0.1, 0.15) is 22.3 Å². The predicted molar refractivity (Wildman–Crippen MR) is 113 cm³/mol. The van der Waals surface area contributed by atoms with E-state index in [0.717, 1.165) is 4.47 Å². The summed E-state index contributed by atoms with van der Waals surface area (Å²) in [6, 6.07) is 12.7. The number of carbonyl (C=O) groups is 1. The fourth-order valence-corrected chi connectivity index (χ4v) is 3.33. The number of carbonyl (C=O) groups excluding carboxylic acids is 1. The Balaban J connectivity index is 1.91. The van der Waals surface area contributed by atoms with Gasteiger partial charge in [-0.05, 0) is 43.3 Å². The molecule has 2 heterocycles. The van der Waals surface area contributed by atoms with Gasteiger partial charge >= 0.3 is 17.2 Å². The first-order valence-corrected chi connectivity index (χ1v) is 9.72. The monoisotopic (exact) mass is 474 g/mol. The van der Waals surface area contributed by atoms with Gasteiger partial charge in [0.05, 0.1) is 5.56 Å². The first-order chi connectivity index (χ1) is 13.8. The third-order valence-electron chi connectivity index (χ3n) is 4.24. The molecule has 0 fully saturated rings. The minimum atomic E-state index is -0.828. The highest BCUT2D eigenvalue weighted by molar-refractivity contribution is 9.10. The maximum Gasteiger partial charge on any atom is 0.344 e. The summed E-state index contributed by atoms with van der Waals surface area (Å²) >= 11 is 9.09. The van der Waals surface area contributed by atoms with Gasteiger partial charge in [-0.3, -0.25) is 4.79 Å². The molecule has 0 radical (unpaired) electrons. The largest absolute Gasteiger partial charge is 0.425 e. The van der Waals surface area contributed by atoms with Crippen LogP contribution in [0.15, 0.2) is 71.4 Å². The van der Waals surface area contributed by atoms with Crippen molar-refractivity contribution in [3.8, 4) is 16.9 Å². The molecule has 4 rings (SSSR count). The van der Waals surface area contributed by atoms with Crippen LogP contribution >= 0.6 is 27.5 Å². The Kier molecular flexibility index (Phi) is 5.02. The fraction of sp³-hybridized carbons (Fsp3) is 0.0952. The molecule has 4 aromatic rings. The summed E-state index contributed by atoms with van der Waals surface area (Å²) in [4.78, 5) is 36.4. The normalized spacial score (nSPS) is 12.2. The predicted octanol–water partition coefficient (Wildman–Crippen LogP) is 4.86. The average molecular weight is 476 g/mol. The molecule has 1 unspecified atom stereocenters. The summed E-state index contributed by atoms with van der Waals surface area (Å²) in [5, 5.41) is 0.354. The molecule has 0 bridgehead atoms. The lowest BCUT2D eigenvalue weighted by molar-refractivity contribution is -0.133. The third-order valence-corrected chi connectivity index (χ3v) is 4.92. The van der Waals surface area contributed by atoms with Crippen LogP contribution in [0.5, 0.6) is 5.75 Å². The van der Waals surface area contributed by atoms with Crippen LogP contribution < -0.4 is 16.0 Å². The molecule has 2 aromatic heterocycles. The van der Waals surface area contributed by atoms with E-state index >= 15 is 0 Å². The first kappa shape index (κ1) is 19.4. The van der Waals surface area contributed by atoms with Gasteiger partial charge in [-0.2, -0.15) is 0 Å². The van der Waals surface area contributed by atoms with E-state index in [1.807, 2.05) is 0 Å². The molecule has 0 spiro atoms. The summed E-state index contributed by atoms with van der Waals surface area (Å²) in [5.41, 5.74) is -0.0795. The van der Waals surface area contributed by atoms with Crippen LogP contribution in [0.2, 0.25) is 0 Å². The SMILES string of the molecule is CC(Cl)C(=O)Oc1ccc2c(-c3cc4cc(Br)ccc4oc3=O)cc(=O)oc2c1. The van der Waals surface area contributed by atoms with Crippen molar-refractivity contribution >= 4 is 55.4 Å². The van der Waals surface area contributed by atoms with Crippen LogP contribution in [-0.4, -0.2) is 11.3 Å². The molecule has 8 heteroatoms. The lowest BCUT2D eigenvalue weighted by atomic mass is 10.0. The van der Waals surface area contributed by atoms with Gasteiger partial charge in [-0.1, -0.05) is 15.9 Å². The third kappa shape index (κ3) is 3.83. The number of ether oxygens (including phenoxy) is 1. The van der Waals surface area contributed by atoms with E-state index < -0.39 is 22.6 Å². The lowest BCUT2D eigenvalue weighted by Crippen LogP contribution is -2.17. The molecule has 0 N–H and O–H groups in total. The van der Waals surface area contributed by atoms with Crippen molar-refractivity contribution in [2.24, 2.45) is 0 Å². The molecular weight excluding hydrogens is 464 g/mol. The summed E-state index contributed by atoms with van der Waals surface area (Å²) in [5.74, 6) is -0.463. The molecule has 0 saturated heterocycles. The summed E-state index contributed by atoms with van der Waals surface area (Å²) < 4.78 is 16.6. The van der Waals surface area contributed by atoms with E-state index in [1.165, 1.54) is 25.1 Å². The topological polar surface area (TPSA) is 86.7 Å². The molecule has 0 amide bonds. The van der Waals surface area contributed by atoms with Crippen LogP contribution in [0.25, 0.3) is 33.1 Å². The molecule has 2 aromatic carbocycles. The number of rotatable bonds is 3. The smallest absolute Gasteiger partial charge is 0.344 e. The average Bonchev–Trinajstić information content (AvgIpc) is 2.66. The zero-order valence-corrected chi connectivity index (χ0v) is 17.2. The molecule has 0 aliphatic heterocycles. The van der Waals surface area contributed by atoms with Gasteiger partial charge in [0.2, 0.25) is 0 Å². The minimum Gasteiger partial charge on any atom is -0.425 e. The van der Waals surface area contributed by atoms with Crippen molar-refractivity contribution in [1.29, 1.82) is 0 Å². The first-order valence-electron chi connectivity index (χ1n) is 8.49. The second kappa shape index (κ2) is 7.50. The number of benzene rings is 2. The maximum atomic E-state index is 12.6. The molecular formula is C21H12BrClO6. The number of hydrogen-bond acceptors (Lipinski definition) is 6. The van der Waals surface area contributed by atoms with E-state index in [4.69, 9.17) is 25.2 Å². The van der Waals surface area contributed by atoms with Crippen molar-refractivity contribution in [3.63, 3.8) is 0 Å². The van der Waals surface area contributed by atoms with Gasteiger partial charge in [-0.15, -0.1) is 11.6 Å². The van der Waals surface area contributed by atoms with E-state index in [9.17, 15) is 14.4 Å². The van der Waals surface area contributed by atoms with Crippen molar-refractivity contribution in [1.82, 2.24) is 0 Å². The number of hydrogen-bond donors (Lipinski definition) is 0. The van der Waals surface area contributed by atoms with Gasteiger partial charge in [0.25, 0.3) is 0 Å². The molecule has 146 valence electrons. The zero-order valence-electron chi connectivity index (χ0n) is 14.9. The van der Waals surface area contributed by atoms with Crippen molar-refractivity contribution in [3.05, 3.63) is 73.8 Å². The number of fused-ring (bicyclic) bond motifs is 2. The molecule has 6 nitrogen and oxygen atoms in total. The Labute approximate surface area is 176 Å². The van der Waals surface area contributed by atoms with E-state index in [-0.39, 0.29) is 16.9 Å². The highest BCUT2D eigenvalue weighted by atomic mass is 79.9.